The van der Waals surface area contributed by atoms with E-state index >= 15 is 0 Å². The highest BCUT2D eigenvalue weighted by molar-refractivity contribution is 5.74. The fraction of sp³-hybridized carbons (Fsp3) is 0.263. The molecule has 1 unspecified atom stereocenters. The number of anilines is 3. The molecule has 0 radical (unpaired) electrons. The third kappa shape index (κ3) is 2.95. The van der Waals surface area contributed by atoms with Crippen LogP contribution < -0.4 is 16.0 Å². The molecule has 0 aliphatic carbocycles. The van der Waals surface area contributed by atoms with E-state index in [9.17, 15) is 0 Å². The molecule has 9 heteroatoms. The number of fused-ring (bicyclic) bond motifs is 1. The van der Waals surface area contributed by atoms with Crippen molar-refractivity contribution in [3.8, 4) is 11.3 Å². The van der Waals surface area contributed by atoms with E-state index in [1.807, 2.05) is 48.4 Å². The highest BCUT2D eigenvalue weighted by Crippen LogP contribution is 2.26. The Kier molecular flexibility index (Phi) is 3.94. The number of aryl methyl sites for hydroxylation is 1. The van der Waals surface area contributed by atoms with Crippen molar-refractivity contribution in [3.63, 3.8) is 0 Å². The SMILES string of the molecule is Cn1cc(-c2cnc3c(Nc4ccnc(N5CCC(N)C5)c4)nccn23)cn1. The van der Waals surface area contributed by atoms with Crippen LogP contribution in [0.4, 0.5) is 17.3 Å². The molecule has 0 bridgehead atoms. The smallest absolute Gasteiger partial charge is 0.180 e. The maximum Gasteiger partial charge on any atom is 0.180 e. The van der Waals surface area contributed by atoms with E-state index in [0.29, 0.717) is 5.82 Å². The number of rotatable bonds is 4. The monoisotopic (exact) mass is 375 g/mol. The Hall–Kier alpha value is -3.46. The Balaban J connectivity index is 1.47. The van der Waals surface area contributed by atoms with Crippen molar-refractivity contribution in [1.82, 2.24) is 29.1 Å². The zero-order chi connectivity index (χ0) is 19.1. The first-order valence-corrected chi connectivity index (χ1v) is 9.22. The van der Waals surface area contributed by atoms with E-state index in [1.165, 1.54) is 0 Å². The van der Waals surface area contributed by atoms with Gasteiger partial charge in [0.1, 0.15) is 5.82 Å². The minimum atomic E-state index is 0.213. The average molecular weight is 375 g/mol. The van der Waals surface area contributed by atoms with Crippen LogP contribution in [-0.4, -0.2) is 48.3 Å². The number of nitrogens with one attached hydrogen (secondary N) is 1. The summed E-state index contributed by atoms with van der Waals surface area (Å²) in [4.78, 5) is 15.7. The summed E-state index contributed by atoms with van der Waals surface area (Å²) in [5.74, 6) is 1.61. The van der Waals surface area contributed by atoms with Crippen molar-refractivity contribution in [2.75, 3.05) is 23.3 Å². The van der Waals surface area contributed by atoms with Gasteiger partial charge in [0.05, 0.1) is 18.1 Å². The summed E-state index contributed by atoms with van der Waals surface area (Å²) in [6.45, 7) is 1.76. The van der Waals surface area contributed by atoms with Crippen LogP contribution in [-0.2, 0) is 7.05 Å². The Morgan fingerprint density at radius 2 is 2.11 bits per heavy atom. The van der Waals surface area contributed by atoms with E-state index in [1.54, 1.807) is 17.1 Å². The van der Waals surface area contributed by atoms with Crippen LogP contribution in [0.2, 0.25) is 0 Å². The lowest BCUT2D eigenvalue weighted by atomic mass is 10.3. The molecule has 142 valence electrons. The molecule has 0 aromatic carbocycles. The summed E-state index contributed by atoms with van der Waals surface area (Å²) in [5, 5.41) is 7.62. The van der Waals surface area contributed by atoms with Crippen molar-refractivity contribution in [2.45, 2.75) is 12.5 Å². The summed E-state index contributed by atoms with van der Waals surface area (Å²) >= 11 is 0. The molecule has 0 spiro atoms. The zero-order valence-corrected chi connectivity index (χ0v) is 15.5. The van der Waals surface area contributed by atoms with Crippen molar-refractivity contribution < 1.29 is 0 Å². The molecular weight excluding hydrogens is 354 g/mol. The second-order valence-electron chi connectivity index (χ2n) is 7.04. The predicted molar refractivity (Wildman–Crippen MR) is 108 cm³/mol. The van der Waals surface area contributed by atoms with Gasteiger partial charge in [-0.15, -0.1) is 0 Å². The Labute approximate surface area is 161 Å². The molecule has 1 aliphatic rings. The number of hydrogen-bond acceptors (Lipinski definition) is 7. The van der Waals surface area contributed by atoms with Crippen LogP contribution in [0.25, 0.3) is 16.9 Å². The van der Waals surface area contributed by atoms with E-state index < -0.39 is 0 Å². The molecule has 1 atom stereocenters. The standard InChI is InChI=1S/C19H21N9/c1-26-11-13(9-24-26)16-10-23-19-18(22-5-7-28(16)19)25-15-2-4-21-17(8-15)27-6-3-14(20)12-27/h2,4-5,7-11,14H,3,6,12,20H2,1H3,(H,21,22,25). The Bertz CT molecular complexity index is 1130. The maximum absolute atomic E-state index is 6.03. The van der Waals surface area contributed by atoms with Gasteiger partial charge in [0, 0.05) is 68.3 Å². The molecule has 4 aromatic heterocycles. The van der Waals surface area contributed by atoms with Gasteiger partial charge < -0.3 is 16.0 Å². The first-order chi connectivity index (χ1) is 13.7. The third-order valence-electron chi connectivity index (χ3n) is 4.99. The number of pyridine rings is 1. The fourth-order valence-corrected chi connectivity index (χ4v) is 3.58. The highest BCUT2D eigenvalue weighted by atomic mass is 15.2. The number of imidazole rings is 1. The van der Waals surface area contributed by atoms with Crippen LogP contribution in [0.3, 0.4) is 0 Å². The number of aromatic nitrogens is 6. The summed E-state index contributed by atoms with van der Waals surface area (Å²) in [5.41, 5.74) is 9.66. The van der Waals surface area contributed by atoms with Crippen molar-refractivity contribution in [3.05, 3.63) is 49.3 Å². The van der Waals surface area contributed by atoms with Crippen LogP contribution in [0.15, 0.2) is 49.3 Å². The van der Waals surface area contributed by atoms with Gasteiger partial charge in [-0.3, -0.25) is 9.08 Å². The maximum atomic E-state index is 6.03. The van der Waals surface area contributed by atoms with Crippen LogP contribution in [0.5, 0.6) is 0 Å². The minimum absolute atomic E-state index is 0.213. The van der Waals surface area contributed by atoms with Gasteiger partial charge in [0.2, 0.25) is 0 Å². The van der Waals surface area contributed by atoms with Gasteiger partial charge in [-0.25, -0.2) is 15.0 Å². The first kappa shape index (κ1) is 16.7. The molecule has 0 amide bonds. The van der Waals surface area contributed by atoms with Gasteiger partial charge in [-0.05, 0) is 12.5 Å². The molecule has 9 nitrogen and oxygen atoms in total. The molecule has 4 aromatic rings. The predicted octanol–water partition coefficient (Wildman–Crippen LogP) is 1.81. The summed E-state index contributed by atoms with van der Waals surface area (Å²) < 4.78 is 3.78. The molecule has 3 N–H and O–H groups in total. The average Bonchev–Trinajstić information content (AvgIpc) is 3.42. The van der Waals surface area contributed by atoms with E-state index in [-0.39, 0.29) is 6.04 Å². The molecular formula is C19H21N9. The van der Waals surface area contributed by atoms with Crippen LogP contribution >= 0.6 is 0 Å². The number of nitrogens with two attached hydrogens (primary N) is 1. The quantitative estimate of drug-likeness (QED) is 0.561. The second-order valence-corrected chi connectivity index (χ2v) is 7.04. The van der Waals surface area contributed by atoms with Gasteiger partial charge >= 0.3 is 0 Å². The van der Waals surface area contributed by atoms with Crippen LogP contribution in [0, 0.1) is 0 Å². The minimum Gasteiger partial charge on any atom is -0.355 e. The fourth-order valence-electron chi connectivity index (χ4n) is 3.58. The van der Waals surface area contributed by atoms with Crippen molar-refractivity contribution in [1.29, 1.82) is 0 Å². The van der Waals surface area contributed by atoms with E-state index in [0.717, 1.165) is 47.9 Å². The second kappa shape index (κ2) is 6.61. The summed E-state index contributed by atoms with van der Waals surface area (Å²) in [7, 11) is 1.90. The van der Waals surface area contributed by atoms with Gasteiger partial charge in [-0.1, -0.05) is 0 Å². The lowest BCUT2D eigenvalue weighted by Gasteiger charge is -2.17. The van der Waals surface area contributed by atoms with Crippen LogP contribution in [0.1, 0.15) is 6.42 Å². The number of nitrogens with zero attached hydrogens (tertiary/aromatic N) is 7. The number of hydrogen-bond donors (Lipinski definition) is 2. The summed E-state index contributed by atoms with van der Waals surface area (Å²) in [6.07, 6.45) is 12.1. The molecule has 5 rings (SSSR count). The summed E-state index contributed by atoms with van der Waals surface area (Å²) in [6, 6.07) is 4.16. The topological polar surface area (TPSA) is 102 Å². The van der Waals surface area contributed by atoms with Crippen molar-refractivity contribution >= 4 is 23.0 Å². The third-order valence-corrected chi connectivity index (χ3v) is 4.99. The molecule has 0 saturated carbocycles. The molecule has 5 heterocycles. The zero-order valence-electron chi connectivity index (χ0n) is 15.5. The Morgan fingerprint density at radius 1 is 1.18 bits per heavy atom. The van der Waals surface area contributed by atoms with Gasteiger partial charge in [0.15, 0.2) is 11.5 Å². The molecule has 1 saturated heterocycles. The molecule has 28 heavy (non-hydrogen) atoms. The molecule has 1 fully saturated rings. The Morgan fingerprint density at radius 3 is 2.89 bits per heavy atom. The van der Waals surface area contributed by atoms with E-state index in [2.05, 4.69) is 30.3 Å². The first-order valence-electron chi connectivity index (χ1n) is 9.22. The van der Waals surface area contributed by atoms with Gasteiger partial charge in [-0.2, -0.15) is 5.10 Å². The lowest BCUT2D eigenvalue weighted by Crippen LogP contribution is -2.26. The lowest BCUT2D eigenvalue weighted by molar-refractivity contribution is 0.751. The van der Waals surface area contributed by atoms with Crippen molar-refractivity contribution in [2.24, 2.45) is 12.8 Å². The van der Waals surface area contributed by atoms with Gasteiger partial charge in [0.25, 0.3) is 0 Å². The van der Waals surface area contributed by atoms with E-state index in [4.69, 9.17) is 5.73 Å². The molecule has 1 aliphatic heterocycles. The highest BCUT2D eigenvalue weighted by Gasteiger charge is 2.20. The normalized spacial score (nSPS) is 16.8. The largest absolute Gasteiger partial charge is 0.355 e.